The number of ether oxygens (including phenoxy) is 6. The highest BCUT2D eigenvalue weighted by Crippen LogP contribution is 2.39. The lowest BCUT2D eigenvalue weighted by Gasteiger charge is -2.50. The smallest absolute Gasteiger partial charge is 0.364 e. The lowest BCUT2D eigenvalue weighted by Crippen LogP contribution is -2.70. The van der Waals surface area contributed by atoms with Crippen LogP contribution in [-0.4, -0.2) is 215 Å². The highest BCUT2D eigenvalue weighted by Gasteiger charge is 2.60. The molecule has 3 saturated heterocycles. The summed E-state index contributed by atoms with van der Waals surface area (Å²) in [4.78, 5) is 38.5. The number of unbranched alkanes of at least 4 members (excludes halogenated alkanes) is 35. The largest absolute Gasteiger partial charge is 0.477 e. The summed E-state index contributed by atoms with van der Waals surface area (Å²) in [6.07, 6.45) is 19.7. The normalized spacial score (nSPS) is 28.3. The van der Waals surface area contributed by atoms with Gasteiger partial charge in [-0.3, -0.25) is 9.59 Å². The number of carbonyl (C=O) groups excluding carboxylic acids is 2. The number of hydrogen-bond acceptors (Lipinski definition) is 20. The van der Waals surface area contributed by atoms with E-state index < -0.39 is 155 Å². The van der Waals surface area contributed by atoms with Crippen LogP contribution in [-0.2, 0) is 42.8 Å². The molecule has 0 aromatic carbocycles. The fourth-order valence-corrected chi connectivity index (χ4v) is 12.7. The molecule has 0 saturated carbocycles. The first-order valence-corrected chi connectivity index (χ1v) is 36.1. The molecule has 0 aromatic heterocycles. The van der Waals surface area contributed by atoms with Crippen LogP contribution in [0.3, 0.4) is 0 Å². The van der Waals surface area contributed by atoms with E-state index in [-0.39, 0.29) is 12.3 Å². The van der Waals surface area contributed by atoms with Gasteiger partial charge < -0.3 is 100 Å². The molecule has 23 nitrogen and oxygen atoms in total. The lowest BCUT2D eigenvalue weighted by molar-refractivity contribution is -0.386. The van der Waals surface area contributed by atoms with Crippen molar-refractivity contribution in [1.82, 2.24) is 10.6 Å². The van der Waals surface area contributed by atoms with Gasteiger partial charge in [-0.15, -0.1) is 0 Å². The molecular formula is C69H128N2O21. The van der Waals surface area contributed by atoms with Crippen molar-refractivity contribution in [1.29, 1.82) is 0 Å². The van der Waals surface area contributed by atoms with Crippen LogP contribution in [0.4, 0.5) is 0 Å². The van der Waals surface area contributed by atoms with E-state index in [4.69, 9.17) is 28.4 Å². The van der Waals surface area contributed by atoms with Gasteiger partial charge in [0, 0.05) is 19.8 Å². The molecule has 0 radical (unpaired) electrons. The molecule has 3 aliphatic heterocycles. The number of allylic oxidation sites excluding steroid dienone is 1. The van der Waals surface area contributed by atoms with Crippen molar-refractivity contribution >= 4 is 17.8 Å². The van der Waals surface area contributed by atoms with Crippen LogP contribution in [0.25, 0.3) is 0 Å². The van der Waals surface area contributed by atoms with E-state index >= 15 is 0 Å². The minimum atomic E-state index is -3.08. The quantitative estimate of drug-likeness (QED) is 0.0214. The molecule has 3 fully saturated rings. The Morgan fingerprint density at radius 2 is 1.01 bits per heavy atom. The van der Waals surface area contributed by atoms with Crippen molar-refractivity contribution in [2.24, 2.45) is 0 Å². The van der Waals surface area contributed by atoms with Crippen LogP contribution < -0.4 is 10.6 Å². The SMILES string of the molecule is CCCCCCCCCCCCCCCCCCCCCCC/C=C/C(O)C(COC1OC(CO)C(OC2OC(CO)C(O)C(OC3(C(=O)O)CC(O)C(NC(C)=O)C(C(O)C(O)CO)O3)C2O)C(O)C1O)NC(=O)CCCCCCCCCCCCCCCCC. The molecule has 0 spiro atoms. The standard InChI is InChI=1S/C69H128N2O21/c1-4-6-8-10-12-14-16-18-20-21-22-23-24-25-26-27-29-30-32-34-36-38-40-42-51(76)50(71-56(79)43-41-39-37-35-33-31-28-19-17-15-13-11-9-7-5-2)48-87-66-61(83)60(82)63(55(47-74)89-66)90-67-62(84)65(59(81)54(46-73)88-67)92-69(68(85)86)44-52(77)57(70-49(3)75)64(91-69)58(80)53(78)45-72/h40,42,50-55,57-67,72-74,76-78,80-84H,4-39,41,43-48H2,1-3H3,(H,70,75)(H,71,79)(H,85,86)/b42-40+. The van der Waals surface area contributed by atoms with E-state index in [9.17, 15) is 75.7 Å². The van der Waals surface area contributed by atoms with E-state index in [1.54, 1.807) is 6.08 Å². The molecule has 0 bridgehead atoms. The number of carboxylic acids is 1. The Morgan fingerprint density at radius 3 is 1.45 bits per heavy atom. The first kappa shape index (κ1) is 83.7. The van der Waals surface area contributed by atoms with Crippen LogP contribution in [0.2, 0.25) is 0 Å². The Hall–Kier alpha value is -2.53. The van der Waals surface area contributed by atoms with Gasteiger partial charge in [0.1, 0.15) is 67.1 Å². The summed E-state index contributed by atoms with van der Waals surface area (Å²) in [7, 11) is 0. The highest BCUT2D eigenvalue weighted by atomic mass is 16.8. The average Bonchev–Trinajstić information content (AvgIpc) is 0.762. The van der Waals surface area contributed by atoms with Gasteiger partial charge in [0.05, 0.1) is 50.7 Å². The van der Waals surface area contributed by atoms with Gasteiger partial charge in [-0.25, -0.2) is 4.79 Å². The Kier molecular flexibility index (Phi) is 45.4. The first-order valence-electron chi connectivity index (χ1n) is 36.1. The number of amides is 2. The molecule has 18 atom stereocenters. The number of rotatable bonds is 55. The maximum absolute atomic E-state index is 13.5. The zero-order chi connectivity index (χ0) is 67.5. The van der Waals surface area contributed by atoms with Gasteiger partial charge in [0.15, 0.2) is 12.6 Å². The van der Waals surface area contributed by atoms with Gasteiger partial charge in [-0.05, 0) is 19.3 Å². The van der Waals surface area contributed by atoms with E-state index in [2.05, 4.69) is 24.5 Å². The van der Waals surface area contributed by atoms with Crippen LogP contribution in [0.15, 0.2) is 12.2 Å². The third-order valence-electron chi connectivity index (χ3n) is 18.5. The minimum absolute atomic E-state index is 0.205. The molecule has 2 amide bonds. The summed E-state index contributed by atoms with van der Waals surface area (Å²) in [5, 5.41) is 136. The molecule has 3 aliphatic rings. The fourth-order valence-electron chi connectivity index (χ4n) is 12.7. The number of aliphatic hydroxyl groups excluding tert-OH is 11. The van der Waals surface area contributed by atoms with Crippen molar-refractivity contribution in [3.63, 3.8) is 0 Å². The number of carbonyl (C=O) groups is 3. The summed E-state index contributed by atoms with van der Waals surface area (Å²) in [6.45, 7) is 2.16. The van der Waals surface area contributed by atoms with Gasteiger partial charge in [0.2, 0.25) is 11.8 Å². The lowest BCUT2D eigenvalue weighted by atomic mass is 9.88. The van der Waals surface area contributed by atoms with E-state index in [0.717, 1.165) is 51.9 Å². The Labute approximate surface area is 550 Å². The predicted molar refractivity (Wildman–Crippen MR) is 348 cm³/mol. The van der Waals surface area contributed by atoms with Crippen molar-refractivity contribution < 1.29 is 104 Å². The summed E-state index contributed by atoms with van der Waals surface area (Å²) in [5.74, 6) is -6.13. The second kappa shape index (κ2) is 49.9. The van der Waals surface area contributed by atoms with Crippen LogP contribution >= 0.6 is 0 Å². The molecule has 92 heavy (non-hydrogen) atoms. The zero-order valence-electron chi connectivity index (χ0n) is 56.4. The number of carboxylic acid groups (broad SMARTS) is 1. The molecule has 0 aromatic rings. The van der Waals surface area contributed by atoms with Crippen LogP contribution in [0.5, 0.6) is 0 Å². The Balaban J connectivity index is 1.58. The third kappa shape index (κ3) is 31.8. The summed E-state index contributed by atoms with van der Waals surface area (Å²) < 4.78 is 34.8. The topological polar surface area (TPSA) is 373 Å². The van der Waals surface area contributed by atoms with Gasteiger partial charge in [-0.1, -0.05) is 244 Å². The average molecular weight is 1320 g/mol. The van der Waals surface area contributed by atoms with Crippen LogP contribution in [0.1, 0.15) is 271 Å². The molecule has 23 heteroatoms. The van der Waals surface area contributed by atoms with Crippen LogP contribution in [0, 0.1) is 0 Å². The zero-order valence-corrected chi connectivity index (χ0v) is 56.4. The fraction of sp³-hybridized carbons (Fsp3) is 0.928. The summed E-state index contributed by atoms with van der Waals surface area (Å²) in [5.41, 5.74) is 0. The summed E-state index contributed by atoms with van der Waals surface area (Å²) >= 11 is 0. The minimum Gasteiger partial charge on any atom is -0.477 e. The second-order valence-corrected chi connectivity index (χ2v) is 26.5. The molecule has 18 unspecified atom stereocenters. The monoisotopic (exact) mass is 1320 g/mol. The molecular weight excluding hydrogens is 1190 g/mol. The second-order valence-electron chi connectivity index (χ2n) is 26.5. The number of aliphatic hydroxyl groups is 11. The first-order chi connectivity index (χ1) is 44.4. The van der Waals surface area contributed by atoms with Crippen molar-refractivity contribution in [3.8, 4) is 0 Å². The van der Waals surface area contributed by atoms with E-state index in [1.807, 2.05) is 6.08 Å². The predicted octanol–water partition coefficient (Wildman–Crippen LogP) is 7.07. The molecule has 3 heterocycles. The van der Waals surface area contributed by atoms with Gasteiger partial charge in [-0.2, -0.15) is 0 Å². The Morgan fingerprint density at radius 1 is 0.565 bits per heavy atom. The maximum Gasteiger partial charge on any atom is 0.364 e. The van der Waals surface area contributed by atoms with E-state index in [0.29, 0.717) is 12.8 Å². The molecule has 3 rings (SSSR count). The number of aliphatic carboxylic acids is 1. The van der Waals surface area contributed by atoms with Crippen molar-refractivity contribution in [2.45, 2.75) is 381 Å². The third-order valence-corrected chi connectivity index (χ3v) is 18.5. The van der Waals surface area contributed by atoms with E-state index in [1.165, 1.54) is 180 Å². The number of nitrogens with one attached hydrogen (secondary N) is 2. The molecule has 540 valence electrons. The van der Waals surface area contributed by atoms with Crippen molar-refractivity contribution in [3.05, 3.63) is 12.2 Å². The van der Waals surface area contributed by atoms with Gasteiger partial charge >= 0.3 is 5.97 Å². The Bertz CT molecular complexity index is 1910. The van der Waals surface area contributed by atoms with Gasteiger partial charge in [0.25, 0.3) is 5.79 Å². The number of hydrogen-bond donors (Lipinski definition) is 14. The van der Waals surface area contributed by atoms with Crippen molar-refractivity contribution in [2.75, 3.05) is 26.4 Å². The molecule has 0 aliphatic carbocycles. The highest BCUT2D eigenvalue weighted by molar-refractivity contribution is 5.77. The maximum atomic E-state index is 13.5. The molecule has 14 N–H and O–H groups in total. The summed E-state index contributed by atoms with van der Waals surface area (Å²) in [6, 6.07) is -2.61.